The standard InChI is InChI=1S/C26H24O6/c27-24-20-12-11-19(30-14-17-7-3-1-4-8-17)13-21(20)32-26(25(24)28)23-16-29-15-22(31-23)18-9-5-2-6-10-18/h1-5,7-9,11-13,22-23,28H,6,10,14-16H2. The minimum atomic E-state index is -0.674. The first kappa shape index (κ1) is 20.5. The number of aromatic hydroxyl groups is 1. The predicted molar refractivity (Wildman–Crippen MR) is 120 cm³/mol. The Balaban J connectivity index is 1.42. The van der Waals surface area contributed by atoms with Crippen molar-refractivity contribution in [2.24, 2.45) is 0 Å². The Bertz CT molecular complexity index is 1220. The predicted octanol–water partition coefficient (Wildman–Crippen LogP) is 4.81. The molecule has 2 unspecified atom stereocenters. The van der Waals surface area contributed by atoms with E-state index in [-0.39, 0.29) is 23.9 Å². The number of hydrogen-bond donors (Lipinski definition) is 1. The summed E-state index contributed by atoms with van der Waals surface area (Å²) >= 11 is 0. The summed E-state index contributed by atoms with van der Waals surface area (Å²) in [7, 11) is 0. The smallest absolute Gasteiger partial charge is 0.234 e. The van der Waals surface area contributed by atoms with Crippen molar-refractivity contribution in [1.82, 2.24) is 0 Å². The molecule has 5 rings (SSSR count). The molecular weight excluding hydrogens is 408 g/mol. The van der Waals surface area contributed by atoms with Crippen LogP contribution in [0.15, 0.2) is 81.5 Å². The van der Waals surface area contributed by atoms with Gasteiger partial charge in [0.15, 0.2) is 5.76 Å². The van der Waals surface area contributed by atoms with Crippen molar-refractivity contribution in [3.05, 3.63) is 93.9 Å². The maximum absolute atomic E-state index is 12.8. The molecule has 32 heavy (non-hydrogen) atoms. The molecule has 0 saturated carbocycles. The summed E-state index contributed by atoms with van der Waals surface area (Å²) in [6, 6.07) is 14.8. The summed E-state index contributed by atoms with van der Waals surface area (Å²) < 4.78 is 23.7. The van der Waals surface area contributed by atoms with Crippen LogP contribution in [0.25, 0.3) is 11.0 Å². The van der Waals surface area contributed by atoms with Crippen molar-refractivity contribution in [2.75, 3.05) is 13.2 Å². The van der Waals surface area contributed by atoms with Crippen LogP contribution in [0.2, 0.25) is 0 Å². The van der Waals surface area contributed by atoms with Crippen LogP contribution in [0, 0.1) is 0 Å². The molecule has 2 aliphatic rings. The van der Waals surface area contributed by atoms with Gasteiger partial charge in [-0.25, -0.2) is 0 Å². The maximum Gasteiger partial charge on any atom is 0.234 e. The zero-order valence-corrected chi connectivity index (χ0v) is 17.5. The van der Waals surface area contributed by atoms with E-state index in [1.54, 1.807) is 18.2 Å². The number of fused-ring (bicyclic) bond motifs is 1. The molecule has 0 amide bonds. The number of ether oxygens (including phenoxy) is 3. The Hall–Kier alpha value is -3.35. The third-order valence-corrected chi connectivity index (χ3v) is 5.73. The maximum atomic E-state index is 12.8. The summed E-state index contributed by atoms with van der Waals surface area (Å²) in [6.07, 6.45) is 7.09. The first-order valence-electron chi connectivity index (χ1n) is 10.7. The topological polar surface area (TPSA) is 78.1 Å². The normalized spacial score (nSPS) is 20.8. The molecular formula is C26H24O6. The van der Waals surface area contributed by atoms with Crippen LogP contribution in [0.4, 0.5) is 0 Å². The van der Waals surface area contributed by atoms with Crippen molar-refractivity contribution >= 4 is 11.0 Å². The molecule has 1 N–H and O–H groups in total. The van der Waals surface area contributed by atoms with Gasteiger partial charge in [-0.15, -0.1) is 0 Å². The van der Waals surface area contributed by atoms with E-state index in [0.29, 0.717) is 24.5 Å². The van der Waals surface area contributed by atoms with E-state index < -0.39 is 17.3 Å². The minimum Gasteiger partial charge on any atom is -0.502 e. The molecule has 1 aliphatic heterocycles. The van der Waals surface area contributed by atoms with Crippen LogP contribution in [0.5, 0.6) is 11.5 Å². The Labute approximate surface area is 185 Å². The quantitative estimate of drug-likeness (QED) is 0.623. The van der Waals surface area contributed by atoms with Crippen LogP contribution in [0.1, 0.15) is 30.3 Å². The molecule has 2 heterocycles. The van der Waals surface area contributed by atoms with Crippen LogP contribution in [0.3, 0.4) is 0 Å². The second kappa shape index (κ2) is 9.02. The summed E-state index contributed by atoms with van der Waals surface area (Å²) in [6.45, 7) is 1.03. The van der Waals surface area contributed by atoms with E-state index in [0.717, 1.165) is 24.0 Å². The van der Waals surface area contributed by atoms with Crippen molar-refractivity contribution in [1.29, 1.82) is 0 Å². The highest BCUT2D eigenvalue weighted by Crippen LogP contribution is 2.34. The van der Waals surface area contributed by atoms with Gasteiger partial charge in [-0.1, -0.05) is 48.6 Å². The highest BCUT2D eigenvalue weighted by molar-refractivity contribution is 5.79. The Morgan fingerprint density at radius 3 is 2.72 bits per heavy atom. The Morgan fingerprint density at radius 2 is 1.91 bits per heavy atom. The van der Waals surface area contributed by atoms with Crippen LogP contribution in [-0.2, 0) is 16.1 Å². The Morgan fingerprint density at radius 1 is 1.06 bits per heavy atom. The molecule has 1 aromatic heterocycles. The van der Waals surface area contributed by atoms with Gasteiger partial charge in [0, 0.05) is 6.07 Å². The lowest BCUT2D eigenvalue weighted by Crippen LogP contribution is -2.33. The summed E-state index contributed by atoms with van der Waals surface area (Å²) in [5, 5.41) is 10.9. The Kier molecular flexibility index (Phi) is 5.79. The average molecular weight is 432 g/mol. The van der Waals surface area contributed by atoms with Gasteiger partial charge in [-0.05, 0) is 36.1 Å². The highest BCUT2D eigenvalue weighted by Gasteiger charge is 2.31. The molecule has 6 nitrogen and oxygen atoms in total. The lowest BCUT2D eigenvalue weighted by atomic mass is 9.99. The zero-order valence-electron chi connectivity index (χ0n) is 17.5. The van der Waals surface area contributed by atoms with Crippen LogP contribution >= 0.6 is 0 Å². The molecule has 2 atom stereocenters. The molecule has 0 bridgehead atoms. The monoisotopic (exact) mass is 432 g/mol. The van der Waals surface area contributed by atoms with Gasteiger partial charge in [-0.3, -0.25) is 4.79 Å². The van der Waals surface area contributed by atoms with Crippen LogP contribution < -0.4 is 10.2 Å². The fourth-order valence-corrected chi connectivity index (χ4v) is 4.01. The van der Waals surface area contributed by atoms with E-state index in [1.807, 2.05) is 42.5 Å². The van der Waals surface area contributed by atoms with Gasteiger partial charge in [0.05, 0.1) is 18.6 Å². The molecule has 1 aliphatic carbocycles. The molecule has 1 fully saturated rings. The van der Waals surface area contributed by atoms with Gasteiger partial charge >= 0.3 is 0 Å². The van der Waals surface area contributed by atoms with E-state index in [1.165, 1.54) is 0 Å². The lowest BCUT2D eigenvalue weighted by molar-refractivity contribution is -0.134. The SMILES string of the molecule is O=c1c(O)c(C2COCC(C3=CC=CCC3)O2)oc2cc(OCc3ccccc3)ccc12. The zero-order chi connectivity index (χ0) is 21.9. The van der Waals surface area contributed by atoms with E-state index >= 15 is 0 Å². The van der Waals surface area contributed by atoms with Crippen molar-refractivity contribution in [2.45, 2.75) is 31.7 Å². The highest BCUT2D eigenvalue weighted by atomic mass is 16.6. The molecule has 0 spiro atoms. The van der Waals surface area contributed by atoms with Gasteiger partial charge < -0.3 is 23.7 Å². The third kappa shape index (κ3) is 4.20. The fraction of sp³-hybridized carbons (Fsp3) is 0.269. The molecule has 164 valence electrons. The number of hydrogen-bond acceptors (Lipinski definition) is 6. The van der Waals surface area contributed by atoms with Gasteiger partial charge in [-0.2, -0.15) is 0 Å². The molecule has 1 saturated heterocycles. The fourth-order valence-electron chi connectivity index (χ4n) is 4.01. The number of rotatable bonds is 5. The minimum absolute atomic E-state index is 0.0827. The first-order chi connectivity index (χ1) is 15.7. The van der Waals surface area contributed by atoms with Crippen molar-refractivity contribution in [3.8, 4) is 11.5 Å². The number of allylic oxidation sites excluding steroid dienone is 3. The van der Waals surface area contributed by atoms with Crippen molar-refractivity contribution in [3.63, 3.8) is 0 Å². The van der Waals surface area contributed by atoms with Crippen LogP contribution in [-0.4, -0.2) is 24.4 Å². The summed E-state index contributed by atoms with van der Waals surface area (Å²) in [4.78, 5) is 12.8. The summed E-state index contributed by atoms with van der Waals surface area (Å²) in [5.41, 5.74) is 2.00. The number of benzene rings is 2. The second-order valence-corrected chi connectivity index (χ2v) is 7.94. The van der Waals surface area contributed by atoms with E-state index in [9.17, 15) is 9.90 Å². The molecule has 0 radical (unpaired) electrons. The third-order valence-electron chi connectivity index (χ3n) is 5.73. The van der Waals surface area contributed by atoms with Gasteiger partial charge in [0.1, 0.15) is 30.1 Å². The second-order valence-electron chi connectivity index (χ2n) is 7.94. The molecule has 3 aromatic rings. The van der Waals surface area contributed by atoms with Gasteiger partial charge in [0.2, 0.25) is 11.2 Å². The lowest BCUT2D eigenvalue weighted by Gasteiger charge is -2.31. The first-order valence-corrected chi connectivity index (χ1v) is 10.7. The summed E-state index contributed by atoms with van der Waals surface area (Å²) in [5.74, 6) is 0.209. The van der Waals surface area contributed by atoms with E-state index in [2.05, 4.69) is 6.08 Å². The van der Waals surface area contributed by atoms with Gasteiger partial charge in [0.25, 0.3) is 0 Å². The molecule has 6 heteroatoms. The average Bonchev–Trinajstić information content (AvgIpc) is 2.86. The van der Waals surface area contributed by atoms with E-state index in [4.69, 9.17) is 18.6 Å². The largest absolute Gasteiger partial charge is 0.502 e. The van der Waals surface area contributed by atoms with Crippen molar-refractivity contribution < 1.29 is 23.7 Å². The molecule has 2 aromatic carbocycles.